The number of hydrazone groups is 1. The molecule has 0 saturated carbocycles. The Hall–Kier alpha value is -2.81. The summed E-state index contributed by atoms with van der Waals surface area (Å²) < 4.78 is 12.2. The second kappa shape index (κ2) is 10.5. The molecular formula is C21H21Cl2N5O2S. The van der Waals surface area contributed by atoms with Crippen molar-refractivity contribution < 1.29 is 9.47 Å². The smallest absolute Gasteiger partial charge is 0.191 e. The van der Waals surface area contributed by atoms with Crippen LogP contribution < -0.4 is 20.2 Å². The summed E-state index contributed by atoms with van der Waals surface area (Å²) in [5, 5.41) is 13.2. The van der Waals surface area contributed by atoms with Gasteiger partial charge in [-0.1, -0.05) is 35.3 Å². The van der Waals surface area contributed by atoms with Crippen molar-refractivity contribution in [3.8, 4) is 11.5 Å². The minimum Gasteiger partial charge on any atom is -0.493 e. The minimum atomic E-state index is 0.311. The van der Waals surface area contributed by atoms with Crippen LogP contribution in [0, 0.1) is 6.92 Å². The van der Waals surface area contributed by atoms with Crippen molar-refractivity contribution >= 4 is 52.4 Å². The number of hydrogen-bond acceptors (Lipinski definition) is 5. The maximum Gasteiger partial charge on any atom is 0.191 e. The average molecular weight is 478 g/mol. The van der Waals surface area contributed by atoms with Crippen molar-refractivity contribution in [1.82, 2.24) is 15.2 Å². The van der Waals surface area contributed by atoms with Crippen LogP contribution in [0.1, 0.15) is 16.8 Å². The van der Waals surface area contributed by atoms with Crippen LogP contribution in [0.2, 0.25) is 10.2 Å². The molecule has 1 aromatic heterocycles. The fourth-order valence-electron chi connectivity index (χ4n) is 2.81. The van der Waals surface area contributed by atoms with Gasteiger partial charge in [0.25, 0.3) is 0 Å². The van der Waals surface area contributed by atoms with Crippen LogP contribution in [-0.4, -0.2) is 35.3 Å². The van der Waals surface area contributed by atoms with Crippen LogP contribution in [0.3, 0.4) is 0 Å². The van der Waals surface area contributed by atoms with E-state index in [2.05, 4.69) is 20.9 Å². The van der Waals surface area contributed by atoms with E-state index in [4.69, 9.17) is 44.9 Å². The third-order valence-electron chi connectivity index (χ3n) is 4.36. The van der Waals surface area contributed by atoms with Gasteiger partial charge in [0.2, 0.25) is 0 Å². The Kier molecular flexibility index (Phi) is 7.73. The number of ether oxygens (including phenoxy) is 2. The first-order valence-corrected chi connectivity index (χ1v) is 10.4. The highest BCUT2D eigenvalue weighted by Gasteiger charge is 2.12. The number of nitrogens with zero attached hydrogens (tertiary/aromatic N) is 3. The van der Waals surface area contributed by atoms with E-state index in [0.717, 1.165) is 16.9 Å². The maximum atomic E-state index is 6.50. The zero-order valence-electron chi connectivity index (χ0n) is 17.1. The quantitative estimate of drug-likeness (QED) is 0.287. The molecule has 0 saturated heterocycles. The number of aryl methyl sites for hydroxylation is 1. The molecule has 0 unspecified atom stereocenters. The molecule has 3 aromatic rings. The summed E-state index contributed by atoms with van der Waals surface area (Å²) in [4.78, 5) is 0. The van der Waals surface area contributed by atoms with Gasteiger partial charge >= 0.3 is 0 Å². The van der Waals surface area contributed by atoms with Crippen molar-refractivity contribution in [3.63, 3.8) is 0 Å². The highest BCUT2D eigenvalue weighted by molar-refractivity contribution is 7.80. The molecule has 2 N–H and O–H groups in total. The lowest BCUT2D eigenvalue weighted by atomic mass is 10.2. The lowest BCUT2D eigenvalue weighted by Gasteiger charge is -2.11. The van der Waals surface area contributed by atoms with Gasteiger partial charge in [-0.3, -0.25) is 5.43 Å². The number of methoxy groups -OCH3 is 2. The average Bonchev–Trinajstić information content (AvgIpc) is 3.02. The fourth-order valence-corrected chi connectivity index (χ4v) is 3.39. The van der Waals surface area contributed by atoms with Crippen molar-refractivity contribution in [1.29, 1.82) is 0 Å². The number of hydrogen-bond donors (Lipinski definition) is 2. The van der Waals surface area contributed by atoms with E-state index >= 15 is 0 Å². The Balaban J connectivity index is 1.63. The van der Waals surface area contributed by atoms with Gasteiger partial charge in [0.05, 0.1) is 38.2 Å². The van der Waals surface area contributed by atoms with E-state index in [0.29, 0.717) is 38.9 Å². The summed E-state index contributed by atoms with van der Waals surface area (Å²) in [5.41, 5.74) is 6.00. The highest BCUT2D eigenvalue weighted by atomic mass is 35.5. The molecule has 7 nitrogen and oxygen atoms in total. The molecule has 0 amide bonds. The number of benzene rings is 2. The van der Waals surface area contributed by atoms with E-state index in [-0.39, 0.29) is 0 Å². The number of anilines is 1. The Morgan fingerprint density at radius 2 is 1.84 bits per heavy atom. The minimum absolute atomic E-state index is 0.311. The van der Waals surface area contributed by atoms with E-state index < -0.39 is 0 Å². The van der Waals surface area contributed by atoms with Gasteiger partial charge in [-0.05, 0) is 49.0 Å². The number of rotatable bonds is 7. The third kappa shape index (κ3) is 5.88. The van der Waals surface area contributed by atoms with Crippen molar-refractivity contribution in [2.45, 2.75) is 13.5 Å². The molecule has 0 aliphatic heterocycles. The second-order valence-corrected chi connectivity index (χ2v) is 7.67. The van der Waals surface area contributed by atoms with Gasteiger partial charge in [-0.15, -0.1) is 0 Å². The Bertz CT molecular complexity index is 1100. The zero-order chi connectivity index (χ0) is 22.4. The molecule has 162 valence electrons. The fraction of sp³-hybridized carbons (Fsp3) is 0.190. The van der Waals surface area contributed by atoms with Crippen LogP contribution in [0.25, 0.3) is 0 Å². The molecule has 10 heteroatoms. The summed E-state index contributed by atoms with van der Waals surface area (Å²) in [6.45, 7) is 2.39. The Morgan fingerprint density at radius 3 is 2.52 bits per heavy atom. The molecule has 0 aliphatic rings. The first kappa shape index (κ1) is 22.9. The van der Waals surface area contributed by atoms with Crippen LogP contribution in [-0.2, 0) is 6.54 Å². The third-order valence-corrected chi connectivity index (χ3v) is 5.20. The lowest BCUT2D eigenvalue weighted by Crippen LogP contribution is -2.23. The molecule has 1 heterocycles. The van der Waals surface area contributed by atoms with E-state index in [1.165, 1.54) is 0 Å². The number of nitrogens with one attached hydrogen (secondary N) is 2. The van der Waals surface area contributed by atoms with Gasteiger partial charge < -0.3 is 14.8 Å². The van der Waals surface area contributed by atoms with E-state index in [1.54, 1.807) is 37.2 Å². The normalized spacial score (nSPS) is 10.9. The first-order chi connectivity index (χ1) is 14.9. The van der Waals surface area contributed by atoms with E-state index in [9.17, 15) is 0 Å². The molecule has 3 rings (SSSR count). The van der Waals surface area contributed by atoms with Gasteiger partial charge in [-0.2, -0.15) is 10.2 Å². The molecular weight excluding hydrogens is 457 g/mol. The van der Waals surface area contributed by atoms with Crippen LogP contribution in [0.4, 0.5) is 5.69 Å². The second-order valence-electron chi connectivity index (χ2n) is 6.47. The summed E-state index contributed by atoms with van der Waals surface area (Å²) in [7, 11) is 3.15. The maximum absolute atomic E-state index is 6.50. The Labute approximate surface area is 196 Å². The summed E-state index contributed by atoms with van der Waals surface area (Å²) in [6, 6.07) is 12.9. The standard InChI is InChI=1S/C21H21Cl2N5O2S/c1-13-17(20(23)28(27-13)12-14-4-6-15(22)7-5-14)11-24-26-21(31)25-16-8-9-18(29-2)19(10-16)30-3/h4-11H,12H2,1-3H3,(H2,25,26,31). The highest BCUT2D eigenvalue weighted by Crippen LogP contribution is 2.29. The predicted molar refractivity (Wildman–Crippen MR) is 129 cm³/mol. The summed E-state index contributed by atoms with van der Waals surface area (Å²) >= 11 is 17.7. The molecule has 0 bridgehead atoms. The molecule has 0 radical (unpaired) electrons. The van der Waals surface area contributed by atoms with Crippen molar-refractivity contribution in [2.24, 2.45) is 5.10 Å². The number of halogens is 2. The predicted octanol–water partition coefficient (Wildman–Crippen LogP) is 4.88. The van der Waals surface area contributed by atoms with Gasteiger partial charge in [0, 0.05) is 16.8 Å². The van der Waals surface area contributed by atoms with Crippen molar-refractivity contribution in [2.75, 3.05) is 19.5 Å². The molecule has 31 heavy (non-hydrogen) atoms. The number of thiocarbonyl (C=S) groups is 1. The largest absolute Gasteiger partial charge is 0.493 e. The SMILES string of the molecule is COc1ccc(NC(=S)NN=Cc2c(C)nn(Cc3ccc(Cl)cc3)c2Cl)cc1OC. The van der Waals surface area contributed by atoms with E-state index in [1.807, 2.05) is 37.3 Å². The van der Waals surface area contributed by atoms with Crippen LogP contribution >= 0.6 is 35.4 Å². The van der Waals surface area contributed by atoms with Crippen LogP contribution in [0.15, 0.2) is 47.6 Å². The van der Waals surface area contributed by atoms with Crippen LogP contribution in [0.5, 0.6) is 11.5 Å². The molecule has 0 aliphatic carbocycles. The molecule has 0 spiro atoms. The zero-order valence-corrected chi connectivity index (χ0v) is 19.5. The topological polar surface area (TPSA) is 72.7 Å². The lowest BCUT2D eigenvalue weighted by molar-refractivity contribution is 0.355. The molecule has 0 atom stereocenters. The van der Waals surface area contributed by atoms with Crippen molar-refractivity contribution in [3.05, 3.63) is 69.5 Å². The Morgan fingerprint density at radius 1 is 1.13 bits per heavy atom. The first-order valence-electron chi connectivity index (χ1n) is 9.20. The summed E-state index contributed by atoms with van der Waals surface area (Å²) in [6.07, 6.45) is 1.59. The number of aromatic nitrogens is 2. The van der Waals surface area contributed by atoms with Gasteiger partial charge in [0.1, 0.15) is 5.15 Å². The van der Waals surface area contributed by atoms with Gasteiger partial charge in [-0.25, -0.2) is 4.68 Å². The van der Waals surface area contributed by atoms with Gasteiger partial charge in [0.15, 0.2) is 16.6 Å². The molecule has 2 aromatic carbocycles. The monoisotopic (exact) mass is 477 g/mol. The summed E-state index contributed by atoms with van der Waals surface area (Å²) in [5.74, 6) is 1.22. The molecule has 0 fully saturated rings.